The molecule has 4 amide bonds. The first-order valence-electron chi connectivity index (χ1n) is 6.09. The number of allylic oxidation sites excluding steroid dienone is 2. The maximum Gasteiger partial charge on any atom is 0.250 e. The van der Waals surface area contributed by atoms with E-state index in [1.165, 1.54) is 6.08 Å². The van der Waals surface area contributed by atoms with Gasteiger partial charge in [-0.05, 0) is 0 Å². The SMILES string of the molecule is O=C1NC(=O)C2C1C1C=CC2(Cl)C2(Cl)C(=O)NC(=O)C12. The number of carbonyl (C=O) groups excluding carboxylic acids is 4. The van der Waals surface area contributed by atoms with Gasteiger partial charge in [0.05, 0.1) is 17.8 Å². The lowest BCUT2D eigenvalue weighted by Gasteiger charge is -2.53. The van der Waals surface area contributed by atoms with E-state index < -0.39 is 57.0 Å². The van der Waals surface area contributed by atoms with Gasteiger partial charge in [-0.15, -0.1) is 23.2 Å². The van der Waals surface area contributed by atoms with Gasteiger partial charge in [-0.1, -0.05) is 12.2 Å². The van der Waals surface area contributed by atoms with Crippen molar-refractivity contribution in [2.75, 3.05) is 0 Å². The van der Waals surface area contributed by atoms with E-state index in [1.54, 1.807) is 6.08 Å². The summed E-state index contributed by atoms with van der Waals surface area (Å²) in [6.07, 6.45) is 3.11. The summed E-state index contributed by atoms with van der Waals surface area (Å²) in [5, 5.41) is 4.38. The second kappa shape index (κ2) is 3.26. The molecule has 3 aliphatic carbocycles. The Bertz CT molecular complexity index is 641. The maximum atomic E-state index is 12.1. The Balaban J connectivity index is 2.00. The normalized spacial score (nSPS) is 51.9. The predicted octanol–water partition coefficient (Wildman–Crippen LogP) is -0.697. The summed E-state index contributed by atoms with van der Waals surface area (Å²) in [5.74, 6) is -5.48. The second-order valence-corrected chi connectivity index (χ2v) is 6.79. The van der Waals surface area contributed by atoms with E-state index in [2.05, 4.69) is 10.6 Å². The molecular formula is C12H8Cl2N2O4. The molecule has 0 aromatic rings. The Hall–Kier alpha value is -1.40. The van der Waals surface area contributed by atoms with E-state index in [0.717, 1.165) is 0 Å². The van der Waals surface area contributed by atoms with Crippen LogP contribution in [0.2, 0.25) is 0 Å². The molecule has 2 saturated heterocycles. The number of rotatable bonds is 0. The van der Waals surface area contributed by atoms with Crippen LogP contribution < -0.4 is 10.6 Å². The number of alkyl halides is 2. The molecule has 2 N–H and O–H groups in total. The zero-order valence-corrected chi connectivity index (χ0v) is 11.4. The molecule has 20 heavy (non-hydrogen) atoms. The fourth-order valence-corrected chi connectivity index (χ4v) is 5.02. The molecule has 8 heteroatoms. The van der Waals surface area contributed by atoms with E-state index >= 15 is 0 Å². The number of imide groups is 2. The van der Waals surface area contributed by atoms with Gasteiger partial charge >= 0.3 is 0 Å². The third kappa shape index (κ3) is 0.999. The zero-order chi connectivity index (χ0) is 14.4. The van der Waals surface area contributed by atoms with Gasteiger partial charge in [0, 0.05) is 5.92 Å². The predicted molar refractivity (Wildman–Crippen MR) is 66.6 cm³/mol. The number of carbonyl (C=O) groups is 4. The van der Waals surface area contributed by atoms with Crippen LogP contribution in [0.1, 0.15) is 0 Å². The molecule has 6 nitrogen and oxygen atoms in total. The smallest absolute Gasteiger partial charge is 0.250 e. The van der Waals surface area contributed by atoms with Gasteiger partial charge < -0.3 is 0 Å². The van der Waals surface area contributed by atoms with Crippen LogP contribution in [0.3, 0.4) is 0 Å². The van der Waals surface area contributed by atoms with Crippen LogP contribution in [-0.2, 0) is 19.2 Å². The summed E-state index contributed by atoms with van der Waals surface area (Å²) in [5.41, 5.74) is 0. The molecule has 6 atom stereocenters. The highest BCUT2D eigenvalue weighted by Gasteiger charge is 2.78. The highest BCUT2D eigenvalue weighted by molar-refractivity contribution is 6.48. The molecule has 5 aliphatic rings. The molecule has 1 saturated carbocycles. The lowest BCUT2D eigenvalue weighted by atomic mass is 9.53. The highest BCUT2D eigenvalue weighted by atomic mass is 35.5. The van der Waals surface area contributed by atoms with Crippen molar-refractivity contribution in [3.63, 3.8) is 0 Å². The number of halogens is 2. The van der Waals surface area contributed by atoms with Crippen molar-refractivity contribution in [1.82, 2.24) is 10.6 Å². The van der Waals surface area contributed by atoms with Crippen molar-refractivity contribution in [2.24, 2.45) is 23.7 Å². The van der Waals surface area contributed by atoms with E-state index in [4.69, 9.17) is 23.2 Å². The molecule has 2 heterocycles. The first-order chi connectivity index (χ1) is 9.32. The van der Waals surface area contributed by atoms with Crippen molar-refractivity contribution < 1.29 is 19.2 Å². The van der Waals surface area contributed by atoms with E-state index in [1.807, 2.05) is 0 Å². The molecule has 0 spiro atoms. The molecule has 6 unspecified atom stereocenters. The van der Waals surface area contributed by atoms with E-state index in [-0.39, 0.29) is 0 Å². The molecule has 5 rings (SSSR count). The average Bonchev–Trinajstić information content (AvgIpc) is 2.80. The third-order valence-corrected chi connectivity index (χ3v) is 6.32. The largest absolute Gasteiger partial charge is 0.296 e. The Morgan fingerprint density at radius 1 is 0.950 bits per heavy atom. The quantitative estimate of drug-likeness (QED) is 0.351. The summed E-state index contributed by atoms with van der Waals surface area (Å²) in [6.45, 7) is 0. The highest BCUT2D eigenvalue weighted by Crippen LogP contribution is 2.64. The van der Waals surface area contributed by atoms with Gasteiger partial charge in [0.15, 0.2) is 4.87 Å². The van der Waals surface area contributed by atoms with Crippen molar-refractivity contribution in [3.05, 3.63) is 12.2 Å². The van der Waals surface area contributed by atoms with Crippen LogP contribution in [0.5, 0.6) is 0 Å². The van der Waals surface area contributed by atoms with Crippen LogP contribution in [0.15, 0.2) is 12.2 Å². The van der Waals surface area contributed by atoms with Crippen molar-refractivity contribution in [3.8, 4) is 0 Å². The van der Waals surface area contributed by atoms with E-state index in [9.17, 15) is 19.2 Å². The number of hydrogen-bond acceptors (Lipinski definition) is 4. The van der Waals surface area contributed by atoms with Crippen molar-refractivity contribution in [1.29, 1.82) is 0 Å². The molecular weight excluding hydrogens is 307 g/mol. The standard InChI is InChI=1S/C12H8Cl2N2O4/c13-11-2-1-3(4-6(11)9(19)15-7(4)17)5-8(18)16-10(20)12(5,11)14/h1-6H,(H,15,17,19)(H,16,18,20). The van der Waals surface area contributed by atoms with Crippen LogP contribution in [-0.4, -0.2) is 33.4 Å². The van der Waals surface area contributed by atoms with Gasteiger partial charge in [-0.25, -0.2) is 0 Å². The fourth-order valence-electron chi connectivity index (χ4n) is 4.04. The minimum atomic E-state index is -1.73. The second-order valence-electron chi connectivity index (χ2n) is 5.57. The topological polar surface area (TPSA) is 92.3 Å². The molecule has 2 bridgehead atoms. The van der Waals surface area contributed by atoms with Gasteiger partial charge in [0.2, 0.25) is 17.7 Å². The van der Waals surface area contributed by atoms with E-state index in [0.29, 0.717) is 0 Å². The molecule has 2 aliphatic heterocycles. The lowest BCUT2D eigenvalue weighted by molar-refractivity contribution is -0.134. The molecule has 0 aromatic heterocycles. The van der Waals surface area contributed by atoms with Crippen LogP contribution in [0.25, 0.3) is 0 Å². The first kappa shape index (κ1) is 12.3. The molecule has 0 radical (unpaired) electrons. The third-order valence-electron chi connectivity index (χ3n) is 4.84. The average molecular weight is 315 g/mol. The Labute approximate surface area is 122 Å². The lowest BCUT2D eigenvalue weighted by Crippen LogP contribution is -2.68. The summed E-state index contributed by atoms with van der Waals surface area (Å²) in [7, 11) is 0. The Kier molecular flexibility index (Phi) is 2.01. The van der Waals surface area contributed by atoms with Gasteiger partial charge in [-0.2, -0.15) is 0 Å². The number of amides is 4. The maximum absolute atomic E-state index is 12.1. The Morgan fingerprint density at radius 3 is 2.30 bits per heavy atom. The van der Waals surface area contributed by atoms with Crippen molar-refractivity contribution in [2.45, 2.75) is 9.75 Å². The van der Waals surface area contributed by atoms with Gasteiger partial charge in [0.25, 0.3) is 5.91 Å². The van der Waals surface area contributed by atoms with Crippen molar-refractivity contribution >= 4 is 46.8 Å². The fraction of sp³-hybridized carbons (Fsp3) is 0.500. The molecule has 3 fully saturated rings. The summed E-state index contributed by atoms with van der Waals surface area (Å²) in [4.78, 5) is 44.8. The minimum Gasteiger partial charge on any atom is -0.296 e. The van der Waals surface area contributed by atoms with Gasteiger partial charge in [0.1, 0.15) is 4.87 Å². The van der Waals surface area contributed by atoms with Crippen LogP contribution in [0.4, 0.5) is 0 Å². The number of hydrogen-bond donors (Lipinski definition) is 2. The molecule has 0 aromatic carbocycles. The summed E-state index contributed by atoms with van der Waals surface area (Å²) in [6, 6.07) is 0. The van der Waals surface area contributed by atoms with Gasteiger partial charge in [-0.3, -0.25) is 29.8 Å². The molecule has 104 valence electrons. The first-order valence-corrected chi connectivity index (χ1v) is 6.85. The number of nitrogens with one attached hydrogen (secondary N) is 2. The monoisotopic (exact) mass is 314 g/mol. The zero-order valence-electron chi connectivity index (χ0n) is 9.85. The Morgan fingerprint density at radius 2 is 1.60 bits per heavy atom. The van der Waals surface area contributed by atoms with Crippen LogP contribution >= 0.6 is 23.2 Å². The minimum absolute atomic E-state index is 0.467. The summed E-state index contributed by atoms with van der Waals surface area (Å²) < 4.78 is 0. The van der Waals surface area contributed by atoms with Crippen LogP contribution in [0, 0.1) is 23.7 Å². The summed E-state index contributed by atoms with van der Waals surface area (Å²) >= 11 is 12.9.